The maximum Gasteiger partial charge on any atom is 0.131 e. The van der Waals surface area contributed by atoms with Gasteiger partial charge in [-0.25, -0.2) is 8.78 Å². The fourth-order valence-corrected chi connectivity index (χ4v) is 2.87. The molecule has 1 nitrogen and oxygen atoms in total. The van der Waals surface area contributed by atoms with Crippen LogP contribution in [0.2, 0.25) is 0 Å². The molecule has 2 rings (SSSR count). The molecule has 1 aromatic carbocycles. The van der Waals surface area contributed by atoms with E-state index in [1.165, 1.54) is 6.07 Å². The van der Waals surface area contributed by atoms with Crippen LogP contribution in [0.3, 0.4) is 0 Å². The first-order valence-corrected chi connectivity index (χ1v) is 5.78. The maximum absolute atomic E-state index is 13.6. The third-order valence-corrected chi connectivity index (χ3v) is 4.29. The zero-order valence-electron chi connectivity index (χ0n) is 8.68. The first-order valence-electron chi connectivity index (χ1n) is 4.79. The second-order valence-electron chi connectivity index (χ2n) is 4.33. The summed E-state index contributed by atoms with van der Waals surface area (Å²) in [6, 6.07) is 1.90. The predicted molar refractivity (Wildman–Crippen MR) is 58.7 cm³/mol. The number of benzene rings is 1. The minimum absolute atomic E-state index is 0.203. The van der Waals surface area contributed by atoms with Crippen LogP contribution in [0.1, 0.15) is 31.0 Å². The van der Waals surface area contributed by atoms with E-state index >= 15 is 0 Å². The summed E-state index contributed by atoms with van der Waals surface area (Å²) in [5.74, 6) is -0.435. The van der Waals surface area contributed by atoms with Crippen molar-refractivity contribution in [3.63, 3.8) is 0 Å². The van der Waals surface area contributed by atoms with E-state index in [1.54, 1.807) is 11.8 Å². The van der Waals surface area contributed by atoms with Crippen LogP contribution < -0.4 is 5.73 Å². The van der Waals surface area contributed by atoms with Gasteiger partial charge in [0.1, 0.15) is 11.6 Å². The molecule has 1 aliphatic heterocycles. The fraction of sp³-hybridized carbons (Fsp3) is 0.455. The Morgan fingerprint density at radius 3 is 2.73 bits per heavy atom. The molecule has 0 aliphatic carbocycles. The Balaban J connectivity index is 2.57. The van der Waals surface area contributed by atoms with Gasteiger partial charge in [0.15, 0.2) is 0 Å². The van der Waals surface area contributed by atoms with Crippen LogP contribution in [0.4, 0.5) is 8.78 Å². The van der Waals surface area contributed by atoms with Crippen LogP contribution in [0.15, 0.2) is 12.1 Å². The van der Waals surface area contributed by atoms with Gasteiger partial charge in [-0.15, -0.1) is 11.8 Å². The Bertz CT molecular complexity index is 404. The topological polar surface area (TPSA) is 26.0 Å². The van der Waals surface area contributed by atoms with Gasteiger partial charge in [-0.3, -0.25) is 0 Å². The van der Waals surface area contributed by atoms with Crippen molar-refractivity contribution in [3.05, 3.63) is 34.9 Å². The number of halogens is 2. The van der Waals surface area contributed by atoms with Crippen molar-refractivity contribution in [1.82, 2.24) is 0 Å². The van der Waals surface area contributed by atoms with Crippen molar-refractivity contribution < 1.29 is 8.78 Å². The molecule has 82 valence electrons. The van der Waals surface area contributed by atoms with Crippen LogP contribution in [-0.4, -0.2) is 4.75 Å². The summed E-state index contributed by atoms with van der Waals surface area (Å²) >= 11 is 1.63. The summed E-state index contributed by atoms with van der Waals surface area (Å²) in [4.78, 5) is 0. The minimum atomic E-state index is -0.529. The highest BCUT2D eigenvalue weighted by molar-refractivity contribution is 7.99. The van der Waals surface area contributed by atoms with Gasteiger partial charge in [0.25, 0.3) is 0 Å². The predicted octanol–water partition coefficient (Wildman–Crippen LogP) is 2.99. The molecule has 0 bridgehead atoms. The molecule has 2 N–H and O–H groups in total. The molecule has 0 saturated heterocycles. The summed E-state index contributed by atoms with van der Waals surface area (Å²) in [6.07, 6.45) is 0. The second-order valence-corrected chi connectivity index (χ2v) is 5.96. The number of fused-ring (bicyclic) bond motifs is 1. The molecule has 15 heavy (non-hydrogen) atoms. The Morgan fingerprint density at radius 1 is 1.40 bits per heavy atom. The SMILES string of the molecule is CC1(C)SCc2cc(F)cc(F)c2C1N. The highest BCUT2D eigenvalue weighted by Gasteiger charge is 2.36. The number of hydrogen-bond donors (Lipinski definition) is 1. The van der Waals surface area contributed by atoms with Gasteiger partial charge in [-0.05, 0) is 25.5 Å². The summed E-state index contributed by atoms with van der Waals surface area (Å²) in [7, 11) is 0. The monoisotopic (exact) mass is 229 g/mol. The smallest absolute Gasteiger partial charge is 0.131 e. The summed E-state index contributed by atoms with van der Waals surface area (Å²) in [5, 5.41) is 0. The Hall–Kier alpha value is -0.610. The van der Waals surface area contributed by atoms with E-state index in [0.29, 0.717) is 16.9 Å². The molecule has 4 heteroatoms. The summed E-state index contributed by atoms with van der Waals surface area (Å²) in [6.45, 7) is 3.96. The Morgan fingerprint density at radius 2 is 2.07 bits per heavy atom. The van der Waals surface area contributed by atoms with Crippen molar-refractivity contribution in [2.75, 3.05) is 0 Å². The van der Waals surface area contributed by atoms with Gasteiger partial charge in [-0.2, -0.15) is 0 Å². The summed E-state index contributed by atoms with van der Waals surface area (Å²) < 4.78 is 26.4. The number of hydrogen-bond acceptors (Lipinski definition) is 2. The lowest BCUT2D eigenvalue weighted by molar-refractivity contribution is 0.500. The first kappa shape index (κ1) is 10.9. The van der Waals surface area contributed by atoms with Gasteiger partial charge in [-0.1, -0.05) is 0 Å². The molecule has 1 atom stereocenters. The Kier molecular flexibility index (Phi) is 2.51. The third-order valence-electron chi connectivity index (χ3n) is 2.84. The highest BCUT2D eigenvalue weighted by atomic mass is 32.2. The van der Waals surface area contributed by atoms with Crippen LogP contribution >= 0.6 is 11.8 Å². The van der Waals surface area contributed by atoms with Crippen molar-refractivity contribution in [2.24, 2.45) is 5.73 Å². The molecule has 0 aromatic heterocycles. The van der Waals surface area contributed by atoms with Gasteiger partial charge < -0.3 is 5.73 Å². The van der Waals surface area contributed by atoms with Crippen LogP contribution in [0.5, 0.6) is 0 Å². The van der Waals surface area contributed by atoms with E-state index in [0.717, 1.165) is 6.07 Å². The van der Waals surface area contributed by atoms with E-state index in [4.69, 9.17) is 5.73 Å². The van der Waals surface area contributed by atoms with Crippen molar-refractivity contribution >= 4 is 11.8 Å². The largest absolute Gasteiger partial charge is 0.323 e. The molecule has 1 aromatic rings. The number of nitrogens with two attached hydrogens (primary N) is 1. The first-order chi connectivity index (χ1) is 6.92. The third kappa shape index (κ3) is 1.76. The van der Waals surface area contributed by atoms with E-state index in [2.05, 4.69) is 0 Å². The summed E-state index contributed by atoms with van der Waals surface area (Å²) in [5.41, 5.74) is 7.15. The lowest BCUT2D eigenvalue weighted by atomic mass is 9.91. The lowest BCUT2D eigenvalue weighted by Gasteiger charge is -2.37. The van der Waals surface area contributed by atoms with Crippen LogP contribution in [0, 0.1) is 11.6 Å². The molecular formula is C11H13F2NS. The molecule has 0 fully saturated rings. The van der Waals surface area contributed by atoms with E-state index < -0.39 is 11.6 Å². The zero-order chi connectivity index (χ0) is 11.2. The van der Waals surface area contributed by atoms with Gasteiger partial charge >= 0.3 is 0 Å². The minimum Gasteiger partial charge on any atom is -0.323 e. The van der Waals surface area contributed by atoms with Crippen molar-refractivity contribution in [2.45, 2.75) is 30.4 Å². The molecule has 0 radical (unpaired) electrons. The van der Waals surface area contributed by atoms with Gasteiger partial charge in [0.2, 0.25) is 0 Å². The number of thioether (sulfide) groups is 1. The van der Waals surface area contributed by atoms with Crippen molar-refractivity contribution in [3.8, 4) is 0 Å². The van der Waals surface area contributed by atoms with E-state index in [1.807, 2.05) is 13.8 Å². The lowest BCUT2D eigenvalue weighted by Crippen LogP contribution is -2.36. The molecule has 1 heterocycles. The van der Waals surface area contributed by atoms with E-state index in [9.17, 15) is 8.78 Å². The molecule has 0 saturated carbocycles. The average molecular weight is 229 g/mol. The fourth-order valence-electron chi connectivity index (χ4n) is 1.81. The average Bonchev–Trinajstić information content (AvgIpc) is 2.11. The molecule has 1 unspecified atom stereocenters. The highest BCUT2D eigenvalue weighted by Crippen LogP contribution is 2.45. The normalized spacial score (nSPS) is 23.7. The van der Waals surface area contributed by atoms with Crippen LogP contribution in [0.25, 0.3) is 0 Å². The second kappa shape index (κ2) is 3.46. The molecule has 1 aliphatic rings. The standard InChI is InChI=1S/C11H13F2NS/c1-11(2)10(14)9-6(5-15-11)3-7(12)4-8(9)13/h3-4,10H,5,14H2,1-2H3. The maximum atomic E-state index is 13.6. The zero-order valence-corrected chi connectivity index (χ0v) is 9.50. The quantitative estimate of drug-likeness (QED) is 0.740. The molecule has 0 spiro atoms. The van der Waals surface area contributed by atoms with Gasteiger partial charge in [0, 0.05) is 28.2 Å². The van der Waals surface area contributed by atoms with Crippen LogP contribution in [-0.2, 0) is 5.75 Å². The molecular weight excluding hydrogens is 216 g/mol. The molecule has 0 amide bonds. The number of rotatable bonds is 0. The van der Waals surface area contributed by atoms with Gasteiger partial charge in [0.05, 0.1) is 0 Å². The van der Waals surface area contributed by atoms with Crippen molar-refractivity contribution in [1.29, 1.82) is 0 Å². The van der Waals surface area contributed by atoms with E-state index in [-0.39, 0.29) is 10.8 Å². The Labute approximate surface area is 92.0 Å².